The van der Waals surface area contributed by atoms with E-state index in [4.69, 9.17) is 0 Å². The van der Waals surface area contributed by atoms with Crippen molar-refractivity contribution >= 4 is 5.78 Å². The van der Waals surface area contributed by atoms with Crippen molar-refractivity contribution in [2.24, 2.45) is 5.92 Å². The monoisotopic (exact) mass is 217 g/mol. The third-order valence-corrected chi connectivity index (χ3v) is 3.76. The van der Waals surface area contributed by atoms with E-state index in [1.165, 1.54) is 11.1 Å². The Kier molecular flexibility index (Phi) is 2.85. The Morgan fingerprint density at radius 3 is 2.00 bits per heavy atom. The lowest BCUT2D eigenvalue weighted by molar-refractivity contribution is 0.0876. The van der Waals surface area contributed by atoms with Gasteiger partial charge in [0, 0.05) is 24.6 Å². The minimum absolute atomic E-state index is 0.193. The second kappa shape index (κ2) is 4.02. The van der Waals surface area contributed by atoms with Crippen molar-refractivity contribution < 1.29 is 4.79 Å². The van der Waals surface area contributed by atoms with Crippen LogP contribution in [-0.2, 0) is 0 Å². The van der Waals surface area contributed by atoms with Crippen LogP contribution in [0.2, 0.25) is 0 Å². The van der Waals surface area contributed by atoms with Gasteiger partial charge in [-0.3, -0.25) is 4.79 Å². The lowest BCUT2D eigenvalue weighted by atomic mass is 9.85. The number of Topliss-reactive ketones (excluding diaryl/α,β-unsaturated/α-hetero) is 1. The quantitative estimate of drug-likeness (QED) is 0.770. The molecular weight excluding hydrogens is 198 g/mol. The first-order valence-electron chi connectivity index (χ1n) is 5.84. The van der Waals surface area contributed by atoms with Crippen molar-refractivity contribution in [3.63, 3.8) is 0 Å². The predicted octanol–water partition coefficient (Wildman–Crippen LogP) is 2.32. The lowest BCUT2D eigenvalue weighted by Gasteiger charge is -2.27. The first-order valence-corrected chi connectivity index (χ1v) is 5.84. The summed E-state index contributed by atoms with van der Waals surface area (Å²) in [6.45, 7) is 9.95. The standard InChI is InChI=1S/C14H19NO/c1-8-5-9(2)11(4)13(10(8)3)14(16)12-6-15-7-12/h5,12,15H,6-7H2,1-4H3. The molecule has 1 aliphatic heterocycles. The van der Waals surface area contributed by atoms with Gasteiger partial charge in [0.15, 0.2) is 5.78 Å². The summed E-state index contributed by atoms with van der Waals surface area (Å²) in [4.78, 5) is 12.3. The normalized spacial score (nSPS) is 16.0. The van der Waals surface area contributed by atoms with E-state index < -0.39 is 0 Å². The maximum atomic E-state index is 12.3. The smallest absolute Gasteiger partial charge is 0.169 e. The van der Waals surface area contributed by atoms with Crippen LogP contribution in [0, 0.1) is 33.6 Å². The molecule has 1 N–H and O–H groups in total. The Balaban J connectivity index is 2.49. The van der Waals surface area contributed by atoms with Crippen LogP contribution in [0.3, 0.4) is 0 Å². The minimum atomic E-state index is 0.193. The SMILES string of the molecule is Cc1cc(C)c(C)c(C(=O)C2CNC2)c1C. The molecule has 2 heteroatoms. The van der Waals surface area contributed by atoms with Crippen LogP contribution in [0.15, 0.2) is 6.07 Å². The Morgan fingerprint density at radius 2 is 1.62 bits per heavy atom. The molecule has 0 aromatic heterocycles. The van der Waals surface area contributed by atoms with E-state index in [0.717, 1.165) is 29.8 Å². The molecule has 2 rings (SSSR count). The highest BCUT2D eigenvalue weighted by molar-refractivity contribution is 6.01. The number of hydrogen-bond acceptors (Lipinski definition) is 2. The predicted molar refractivity (Wildman–Crippen MR) is 66.1 cm³/mol. The molecule has 1 saturated heterocycles. The van der Waals surface area contributed by atoms with Crippen molar-refractivity contribution in [2.45, 2.75) is 27.7 Å². The van der Waals surface area contributed by atoms with Crippen molar-refractivity contribution in [1.29, 1.82) is 0 Å². The van der Waals surface area contributed by atoms with Gasteiger partial charge in [-0.05, 0) is 49.9 Å². The largest absolute Gasteiger partial charge is 0.315 e. The maximum Gasteiger partial charge on any atom is 0.169 e. The average molecular weight is 217 g/mol. The average Bonchev–Trinajstić information content (AvgIpc) is 2.12. The fourth-order valence-electron chi connectivity index (χ4n) is 2.26. The first-order chi connectivity index (χ1) is 7.52. The lowest BCUT2D eigenvalue weighted by Crippen LogP contribution is -2.46. The van der Waals surface area contributed by atoms with Crippen LogP contribution in [0.1, 0.15) is 32.6 Å². The van der Waals surface area contributed by atoms with Crippen LogP contribution in [0.4, 0.5) is 0 Å². The summed E-state index contributed by atoms with van der Waals surface area (Å²) in [5.74, 6) is 0.513. The Bertz CT molecular complexity index is 418. The van der Waals surface area contributed by atoms with E-state index >= 15 is 0 Å². The molecule has 0 atom stereocenters. The number of carbonyl (C=O) groups excluding carboxylic acids is 1. The third kappa shape index (κ3) is 1.67. The van der Waals surface area contributed by atoms with Gasteiger partial charge >= 0.3 is 0 Å². The molecule has 0 unspecified atom stereocenters. The summed E-state index contributed by atoms with van der Waals surface area (Å²) in [6.07, 6.45) is 0. The van der Waals surface area contributed by atoms with Gasteiger partial charge in [0.1, 0.15) is 0 Å². The van der Waals surface area contributed by atoms with Crippen LogP contribution in [-0.4, -0.2) is 18.9 Å². The summed E-state index contributed by atoms with van der Waals surface area (Å²) in [5.41, 5.74) is 5.71. The summed E-state index contributed by atoms with van der Waals surface area (Å²) < 4.78 is 0. The van der Waals surface area contributed by atoms with Crippen LogP contribution in [0.25, 0.3) is 0 Å². The van der Waals surface area contributed by atoms with Gasteiger partial charge in [0.25, 0.3) is 0 Å². The number of nitrogens with one attached hydrogen (secondary N) is 1. The molecule has 86 valence electrons. The van der Waals surface area contributed by atoms with Crippen molar-refractivity contribution in [2.75, 3.05) is 13.1 Å². The molecule has 0 radical (unpaired) electrons. The topological polar surface area (TPSA) is 29.1 Å². The van der Waals surface area contributed by atoms with Gasteiger partial charge in [0.05, 0.1) is 0 Å². The number of carbonyl (C=O) groups is 1. The highest BCUT2D eigenvalue weighted by Gasteiger charge is 2.28. The highest BCUT2D eigenvalue weighted by atomic mass is 16.1. The van der Waals surface area contributed by atoms with Gasteiger partial charge in [-0.15, -0.1) is 0 Å². The number of hydrogen-bond donors (Lipinski definition) is 1. The Morgan fingerprint density at radius 1 is 1.12 bits per heavy atom. The van der Waals surface area contributed by atoms with E-state index in [9.17, 15) is 4.79 Å². The highest BCUT2D eigenvalue weighted by Crippen LogP contribution is 2.25. The molecule has 16 heavy (non-hydrogen) atoms. The molecule has 0 saturated carbocycles. The Hall–Kier alpha value is -1.15. The molecule has 1 heterocycles. The van der Waals surface area contributed by atoms with Crippen LogP contribution in [0.5, 0.6) is 0 Å². The van der Waals surface area contributed by atoms with Crippen LogP contribution < -0.4 is 5.32 Å². The van der Waals surface area contributed by atoms with Crippen molar-refractivity contribution in [3.05, 3.63) is 33.9 Å². The van der Waals surface area contributed by atoms with Gasteiger partial charge in [-0.2, -0.15) is 0 Å². The molecule has 0 spiro atoms. The number of rotatable bonds is 2. The van der Waals surface area contributed by atoms with Gasteiger partial charge in [-0.25, -0.2) is 0 Å². The van der Waals surface area contributed by atoms with Crippen LogP contribution >= 0.6 is 0 Å². The maximum absolute atomic E-state index is 12.3. The van der Waals surface area contributed by atoms with Crippen molar-refractivity contribution in [1.82, 2.24) is 5.32 Å². The first kappa shape index (κ1) is 11.3. The summed E-state index contributed by atoms with van der Waals surface area (Å²) >= 11 is 0. The molecule has 2 nitrogen and oxygen atoms in total. The summed E-state index contributed by atoms with van der Waals surface area (Å²) in [5, 5.41) is 3.16. The third-order valence-electron chi connectivity index (χ3n) is 3.76. The molecule has 1 aromatic carbocycles. The van der Waals surface area contributed by atoms with E-state index in [2.05, 4.69) is 39.1 Å². The molecule has 1 fully saturated rings. The number of benzene rings is 1. The molecule has 0 amide bonds. The number of aryl methyl sites for hydroxylation is 2. The molecular formula is C14H19NO. The van der Waals surface area contributed by atoms with E-state index in [0.29, 0.717) is 5.78 Å². The fourth-order valence-corrected chi connectivity index (χ4v) is 2.26. The molecule has 1 aliphatic rings. The van der Waals surface area contributed by atoms with Gasteiger partial charge in [0.2, 0.25) is 0 Å². The van der Waals surface area contributed by atoms with E-state index in [-0.39, 0.29) is 5.92 Å². The van der Waals surface area contributed by atoms with E-state index in [1.807, 2.05) is 0 Å². The number of ketones is 1. The zero-order valence-corrected chi connectivity index (χ0v) is 10.5. The molecule has 0 bridgehead atoms. The molecule has 0 aliphatic carbocycles. The molecule has 1 aromatic rings. The summed E-state index contributed by atoms with van der Waals surface area (Å²) in [6, 6.07) is 2.17. The zero-order chi connectivity index (χ0) is 11.9. The van der Waals surface area contributed by atoms with Gasteiger partial charge < -0.3 is 5.32 Å². The Labute approximate surface area is 97.1 Å². The van der Waals surface area contributed by atoms with Crippen molar-refractivity contribution in [3.8, 4) is 0 Å². The van der Waals surface area contributed by atoms with E-state index in [1.54, 1.807) is 0 Å². The van der Waals surface area contributed by atoms with Gasteiger partial charge in [-0.1, -0.05) is 6.07 Å². The zero-order valence-electron chi connectivity index (χ0n) is 10.5. The summed E-state index contributed by atoms with van der Waals surface area (Å²) in [7, 11) is 0. The fraction of sp³-hybridized carbons (Fsp3) is 0.500. The minimum Gasteiger partial charge on any atom is -0.315 e. The second-order valence-corrected chi connectivity index (χ2v) is 4.85. The second-order valence-electron chi connectivity index (χ2n) is 4.85.